The van der Waals surface area contributed by atoms with E-state index in [0.29, 0.717) is 42.6 Å². The predicted octanol–water partition coefficient (Wildman–Crippen LogP) is 5.56. The van der Waals surface area contributed by atoms with Crippen LogP contribution in [-0.2, 0) is 14.4 Å². The van der Waals surface area contributed by atoms with Gasteiger partial charge in [0.1, 0.15) is 11.0 Å². The number of benzene rings is 3. The molecule has 0 radical (unpaired) electrons. The first-order valence-corrected chi connectivity index (χ1v) is 14.6. The number of halogens is 2. The fourth-order valence-corrected chi connectivity index (χ4v) is 7.70. The fourth-order valence-electron chi connectivity index (χ4n) is 4.94. The van der Waals surface area contributed by atoms with Crippen LogP contribution in [0.4, 0.5) is 11.4 Å². The van der Waals surface area contributed by atoms with E-state index in [1.165, 1.54) is 16.7 Å². The van der Waals surface area contributed by atoms with Crippen LogP contribution < -0.4 is 19.8 Å². The number of aromatic nitrogens is 1. The van der Waals surface area contributed by atoms with Crippen LogP contribution in [0.1, 0.15) is 16.4 Å². The van der Waals surface area contributed by atoms with Gasteiger partial charge in [0.25, 0.3) is 5.91 Å². The number of imide groups is 1. The summed E-state index contributed by atoms with van der Waals surface area (Å²) in [7, 11) is 0. The Bertz CT molecular complexity index is 1690. The van der Waals surface area contributed by atoms with Gasteiger partial charge in [-0.25, -0.2) is 4.90 Å². The molecule has 3 atom stereocenters. The quantitative estimate of drug-likeness (QED) is 0.276. The Hall–Kier alpha value is -3.57. The topological polar surface area (TPSA) is 109 Å². The number of H-pyrrole nitrogens is 1. The fraction of sp³-hybridized carbons (Fsp3) is 0.143. The first kappa shape index (κ1) is 26.6. The number of thioether (sulfide) groups is 1. The second-order valence-corrected chi connectivity index (χ2v) is 12.2. The lowest BCUT2D eigenvalue weighted by molar-refractivity contribution is -0.122. The van der Waals surface area contributed by atoms with E-state index in [-0.39, 0.29) is 29.2 Å². The second-order valence-electron chi connectivity index (χ2n) is 9.12. The molecular weight excluding hydrogens is 593 g/mol. The number of thiazole rings is 1. The summed E-state index contributed by atoms with van der Waals surface area (Å²) in [6.45, 7) is -0.296. The average molecular weight is 613 g/mol. The van der Waals surface area contributed by atoms with Gasteiger partial charge in [-0.05, 0) is 54.6 Å². The van der Waals surface area contributed by atoms with Crippen LogP contribution in [0.15, 0.2) is 82.6 Å². The largest absolute Gasteiger partial charge is 0.483 e. The molecule has 40 heavy (non-hydrogen) atoms. The van der Waals surface area contributed by atoms with Crippen molar-refractivity contribution in [2.75, 3.05) is 16.8 Å². The van der Waals surface area contributed by atoms with Gasteiger partial charge in [0, 0.05) is 32.1 Å². The molecule has 0 saturated carbocycles. The number of ether oxygens (including phenoxy) is 1. The highest BCUT2D eigenvalue weighted by molar-refractivity contribution is 8.00. The summed E-state index contributed by atoms with van der Waals surface area (Å²) >= 11 is 14.1. The molecule has 2 aliphatic heterocycles. The SMILES string of the molecule is O=C(COc1ccccc1[C@H]1c2sc(=O)[nH]c2SC2C(=O)N(c3ccc(Cl)cc3)C(=O)C21)Nc1ccc(Cl)cc1. The molecule has 202 valence electrons. The monoisotopic (exact) mass is 611 g/mol. The van der Waals surface area contributed by atoms with Crippen LogP contribution in [-0.4, -0.2) is 34.6 Å². The molecule has 4 aromatic rings. The minimum atomic E-state index is -0.792. The van der Waals surface area contributed by atoms with Crippen LogP contribution in [0.2, 0.25) is 10.0 Å². The minimum Gasteiger partial charge on any atom is -0.483 e. The van der Waals surface area contributed by atoms with Gasteiger partial charge in [0.2, 0.25) is 11.8 Å². The lowest BCUT2D eigenvalue weighted by Gasteiger charge is -2.30. The molecule has 0 bridgehead atoms. The summed E-state index contributed by atoms with van der Waals surface area (Å²) in [5.41, 5.74) is 1.60. The van der Waals surface area contributed by atoms with Gasteiger partial charge >= 0.3 is 4.87 Å². The molecule has 2 unspecified atom stereocenters. The molecule has 1 fully saturated rings. The van der Waals surface area contributed by atoms with Crippen molar-refractivity contribution in [1.82, 2.24) is 4.98 Å². The van der Waals surface area contributed by atoms with Crippen molar-refractivity contribution in [3.63, 3.8) is 0 Å². The Balaban J connectivity index is 1.33. The molecule has 3 heterocycles. The van der Waals surface area contributed by atoms with Gasteiger partial charge in [-0.1, -0.05) is 64.5 Å². The summed E-state index contributed by atoms with van der Waals surface area (Å²) in [6.07, 6.45) is 0. The highest BCUT2D eigenvalue weighted by atomic mass is 35.5. The number of hydrogen-bond acceptors (Lipinski definition) is 7. The van der Waals surface area contributed by atoms with E-state index in [4.69, 9.17) is 27.9 Å². The summed E-state index contributed by atoms with van der Waals surface area (Å²) in [6, 6.07) is 20.2. The number of anilines is 2. The van der Waals surface area contributed by atoms with E-state index in [9.17, 15) is 19.2 Å². The highest BCUT2D eigenvalue weighted by Crippen LogP contribution is 2.54. The van der Waals surface area contributed by atoms with E-state index in [0.717, 1.165) is 11.3 Å². The smallest absolute Gasteiger partial charge is 0.305 e. The van der Waals surface area contributed by atoms with Crippen molar-refractivity contribution in [1.29, 1.82) is 0 Å². The number of carbonyl (C=O) groups excluding carboxylic acids is 3. The highest BCUT2D eigenvalue weighted by Gasteiger charge is 2.56. The zero-order chi connectivity index (χ0) is 28.0. The summed E-state index contributed by atoms with van der Waals surface area (Å²) in [4.78, 5) is 56.9. The van der Waals surface area contributed by atoms with Crippen LogP contribution in [0.25, 0.3) is 0 Å². The van der Waals surface area contributed by atoms with E-state index in [1.54, 1.807) is 72.8 Å². The van der Waals surface area contributed by atoms with Crippen molar-refractivity contribution < 1.29 is 19.1 Å². The Morgan fingerprint density at radius 2 is 1.60 bits per heavy atom. The number of nitrogens with zero attached hydrogens (tertiary/aromatic N) is 1. The van der Waals surface area contributed by atoms with Crippen molar-refractivity contribution in [2.24, 2.45) is 5.92 Å². The Morgan fingerprint density at radius 1 is 0.925 bits per heavy atom. The molecule has 1 saturated heterocycles. The van der Waals surface area contributed by atoms with Crippen molar-refractivity contribution in [3.05, 3.63) is 103 Å². The molecule has 1 aromatic heterocycles. The zero-order valence-corrected chi connectivity index (χ0v) is 23.6. The van der Waals surface area contributed by atoms with Crippen LogP contribution in [0.5, 0.6) is 5.75 Å². The maximum Gasteiger partial charge on any atom is 0.305 e. The Labute approximate surface area is 246 Å². The molecule has 8 nitrogen and oxygen atoms in total. The molecule has 2 N–H and O–H groups in total. The molecule has 0 spiro atoms. The van der Waals surface area contributed by atoms with E-state index in [1.807, 2.05) is 0 Å². The number of amides is 3. The van der Waals surface area contributed by atoms with Gasteiger partial charge in [-0.3, -0.25) is 19.2 Å². The van der Waals surface area contributed by atoms with Gasteiger partial charge in [0.15, 0.2) is 6.61 Å². The first-order chi connectivity index (χ1) is 19.3. The van der Waals surface area contributed by atoms with Crippen molar-refractivity contribution >= 4 is 75.4 Å². The average Bonchev–Trinajstić information content (AvgIpc) is 3.44. The van der Waals surface area contributed by atoms with Crippen LogP contribution in [0.3, 0.4) is 0 Å². The second kappa shape index (κ2) is 10.8. The molecular formula is C28H19Cl2N3O5S2. The summed E-state index contributed by atoms with van der Waals surface area (Å²) in [5.74, 6) is -2.19. The van der Waals surface area contributed by atoms with Crippen molar-refractivity contribution in [2.45, 2.75) is 16.2 Å². The number of para-hydroxylation sites is 1. The standard InChI is InChI=1S/C28H19Cl2N3O5S2/c29-14-5-9-16(10-6-14)31-20(34)13-38-19-4-2-1-3-18(19)21-22-24(39-25-23(21)40-28(37)32-25)27(36)33(26(22)35)17-11-7-15(30)8-12-17/h1-12,21-22,24H,13H2,(H,31,34)(H,32,37)/t21-,22?,24?/m1/s1. The lowest BCUT2D eigenvalue weighted by Crippen LogP contribution is -2.32. The number of fused-ring (bicyclic) bond motifs is 2. The van der Waals surface area contributed by atoms with Crippen molar-refractivity contribution in [3.8, 4) is 5.75 Å². The van der Waals surface area contributed by atoms with E-state index >= 15 is 0 Å². The summed E-state index contributed by atoms with van der Waals surface area (Å²) < 4.78 is 5.95. The van der Waals surface area contributed by atoms with Gasteiger partial charge in [-0.2, -0.15) is 0 Å². The van der Waals surface area contributed by atoms with Gasteiger partial charge < -0.3 is 15.0 Å². The molecule has 12 heteroatoms. The first-order valence-electron chi connectivity index (χ1n) is 12.1. The van der Waals surface area contributed by atoms with Gasteiger partial charge in [0.05, 0.1) is 16.6 Å². The van der Waals surface area contributed by atoms with E-state index in [2.05, 4.69) is 10.3 Å². The third-order valence-corrected chi connectivity index (χ3v) is 9.55. The zero-order valence-electron chi connectivity index (χ0n) is 20.4. The number of carbonyl (C=O) groups is 3. The predicted molar refractivity (Wildman–Crippen MR) is 156 cm³/mol. The molecule has 3 amide bonds. The normalized spacial score (nSPS) is 19.8. The number of hydrogen-bond donors (Lipinski definition) is 2. The third-order valence-electron chi connectivity index (χ3n) is 6.65. The van der Waals surface area contributed by atoms with Gasteiger partial charge in [-0.15, -0.1) is 0 Å². The van der Waals surface area contributed by atoms with Crippen LogP contribution in [0, 0.1) is 5.92 Å². The van der Waals surface area contributed by atoms with Crippen LogP contribution >= 0.6 is 46.3 Å². The third kappa shape index (κ3) is 4.92. The number of rotatable bonds is 6. The maximum absolute atomic E-state index is 13.9. The number of aromatic amines is 1. The summed E-state index contributed by atoms with van der Waals surface area (Å²) in [5, 5.41) is 3.58. The Kier molecular flexibility index (Phi) is 7.18. The number of nitrogens with one attached hydrogen (secondary N) is 2. The molecule has 0 aliphatic carbocycles. The molecule has 3 aromatic carbocycles. The minimum absolute atomic E-state index is 0.280. The maximum atomic E-state index is 13.9. The molecule has 6 rings (SSSR count). The molecule has 2 aliphatic rings. The lowest BCUT2D eigenvalue weighted by atomic mass is 9.82. The van der Waals surface area contributed by atoms with E-state index < -0.39 is 17.1 Å². The Morgan fingerprint density at radius 3 is 2.33 bits per heavy atom.